The van der Waals surface area contributed by atoms with E-state index >= 15 is 0 Å². The topological polar surface area (TPSA) is 78.8 Å². The summed E-state index contributed by atoms with van der Waals surface area (Å²) in [4.78, 5) is 11.1. The van der Waals surface area contributed by atoms with Gasteiger partial charge in [-0.1, -0.05) is 18.2 Å². The van der Waals surface area contributed by atoms with Gasteiger partial charge < -0.3 is 9.84 Å². The van der Waals surface area contributed by atoms with Crippen molar-refractivity contribution in [2.45, 2.75) is 18.6 Å². The van der Waals surface area contributed by atoms with Gasteiger partial charge in [-0.25, -0.2) is 5.48 Å². The molecule has 1 heterocycles. The monoisotopic (exact) mass is 209 g/mol. The number of benzene rings is 1. The summed E-state index contributed by atoms with van der Waals surface area (Å²) in [6.45, 7) is 0. The van der Waals surface area contributed by atoms with Crippen LogP contribution in [-0.2, 0) is 4.79 Å². The lowest BCUT2D eigenvalue weighted by Crippen LogP contribution is -2.40. The van der Waals surface area contributed by atoms with Crippen LogP contribution >= 0.6 is 0 Å². The van der Waals surface area contributed by atoms with Crippen LogP contribution in [0, 0.1) is 0 Å². The molecule has 1 aliphatic heterocycles. The number of hydroxylamine groups is 1. The zero-order chi connectivity index (χ0) is 10.8. The van der Waals surface area contributed by atoms with Crippen LogP contribution in [0.15, 0.2) is 24.3 Å². The van der Waals surface area contributed by atoms with E-state index in [-0.39, 0.29) is 6.42 Å². The summed E-state index contributed by atoms with van der Waals surface area (Å²) >= 11 is 0. The Morgan fingerprint density at radius 3 is 2.93 bits per heavy atom. The molecule has 0 saturated carbocycles. The van der Waals surface area contributed by atoms with Crippen molar-refractivity contribution in [3.8, 4) is 5.75 Å². The highest BCUT2D eigenvalue weighted by Crippen LogP contribution is 2.34. The summed E-state index contributed by atoms with van der Waals surface area (Å²) in [6.07, 6.45) is -1.44. The predicted octanol–water partition coefficient (Wildman–Crippen LogP) is 0.376. The van der Waals surface area contributed by atoms with E-state index in [1.54, 1.807) is 24.3 Å². The Kier molecular flexibility index (Phi) is 2.57. The highest BCUT2D eigenvalue weighted by atomic mass is 16.5. The minimum Gasteiger partial charge on any atom is -0.480 e. The fourth-order valence-electron chi connectivity index (χ4n) is 1.63. The van der Waals surface area contributed by atoms with Crippen molar-refractivity contribution in [2.24, 2.45) is 0 Å². The first kappa shape index (κ1) is 9.95. The Balaban J connectivity index is 2.26. The molecule has 5 nitrogen and oxygen atoms in total. The molecular weight excluding hydrogens is 198 g/mol. The molecule has 0 bridgehead atoms. The first-order chi connectivity index (χ1) is 7.22. The largest absolute Gasteiger partial charge is 0.480 e. The van der Waals surface area contributed by atoms with Gasteiger partial charge in [0, 0.05) is 12.0 Å². The molecule has 3 N–H and O–H groups in total. The number of aliphatic hydroxyl groups is 1. The first-order valence-electron chi connectivity index (χ1n) is 4.60. The van der Waals surface area contributed by atoms with Crippen LogP contribution in [0.2, 0.25) is 0 Å². The fraction of sp³-hybridized carbons (Fsp3) is 0.300. The summed E-state index contributed by atoms with van der Waals surface area (Å²) in [5, 5.41) is 18.2. The summed E-state index contributed by atoms with van der Waals surface area (Å²) in [5.74, 6) is -0.173. The Morgan fingerprint density at radius 1 is 1.47 bits per heavy atom. The lowest BCUT2D eigenvalue weighted by Gasteiger charge is -2.27. The first-order valence-corrected chi connectivity index (χ1v) is 4.60. The Hall–Kier alpha value is -1.59. The zero-order valence-electron chi connectivity index (χ0n) is 7.88. The van der Waals surface area contributed by atoms with E-state index in [4.69, 9.17) is 9.94 Å². The van der Waals surface area contributed by atoms with Gasteiger partial charge in [0.05, 0.1) is 6.10 Å². The zero-order valence-corrected chi connectivity index (χ0v) is 7.88. The summed E-state index contributed by atoms with van der Waals surface area (Å²) in [7, 11) is 0. The van der Waals surface area contributed by atoms with E-state index in [1.807, 2.05) is 0 Å². The van der Waals surface area contributed by atoms with E-state index in [2.05, 4.69) is 0 Å². The quantitative estimate of drug-likeness (QED) is 0.461. The molecule has 0 radical (unpaired) electrons. The maximum absolute atomic E-state index is 11.1. The molecule has 80 valence electrons. The van der Waals surface area contributed by atoms with Gasteiger partial charge in [0.1, 0.15) is 5.75 Å². The van der Waals surface area contributed by atoms with Crippen molar-refractivity contribution in [1.82, 2.24) is 5.48 Å². The van der Waals surface area contributed by atoms with Gasteiger partial charge in [-0.3, -0.25) is 10.0 Å². The summed E-state index contributed by atoms with van der Waals surface area (Å²) in [6, 6.07) is 6.96. The van der Waals surface area contributed by atoms with Crippen LogP contribution in [0.4, 0.5) is 0 Å². The SMILES string of the molecule is O=C(NO)C1CC(O)c2ccccc2O1. The lowest BCUT2D eigenvalue weighted by atomic mass is 9.99. The van der Waals surface area contributed by atoms with Gasteiger partial charge >= 0.3 is 0 Å². The number of hydrogen-bond acceptors (Lipinski definition) is 4. The predicted molar refractivity (Wildman–Crippen MR) is 50.4 cm³/mol. The number of carbonyl (C=O) groups is 1. The van der Waals surface area contributed by atoms with E-state index in [0.29, 0.717) is 11.3 Å². The number of rotatable bonds is 1. The van der Waals surface area contributed by atoms with Crippen LogP contribution < -0.4 is 10.2 Å². The molecule has 0 fully saturated rings. The fourth-order valence-corrected chi connectivity index (χ4v) is 1.63. The molecule has 2 unspecified atom stereocenters. The molecular formula is C10H11NO4. The second kappa shape index (κ2) is 3.88. The van der Waals surface area contributed by atoms with Gasteiger partial charge in [0.15, 0.2) is 6.10 Å². The number of ether oxygens (including phenoxy) is 1. The molecule has 1 amide bonds. The molecule has 2 atom stereocenters. The average molecular weight is 209 g/mol. The molecule has 1 aromatic carbocycles. The van der Waals surface area contributed by atoms with E-state index in [0.717, 1.165) is 0 Å². The van der Waals surface area contributed by atoms with Crippen molar-refractivity contribution >= 4 is 5.91 Å². The third-order valence-electron chi connectivity index (χ3n) is 2.39. The van der Waals surface area contributed by atoms with Crippen molar-refractivity contribution in [3.63, 3.8) is 0 Å². The Labute approximate surface area is 86.3 Å². The number of aliphatic hydroxyl groups excluding tert-OH is 1. The normalized spacial score (nSPS) is 23.9. The number of carbonyl (C=O) groups excluding carboxylic acids is 1. The van der Waals surface area contributed by atoms with Gasteiger partial charge in [0.2, 0.25) is 0 Å². The van der Waals surface area contributed by atoms with Gasteiger partial charge in [-0.15, -0.1) is 0 Å². The minimum absolute atomic E-state index is 0.142. The highest BCUT2D eigenvalue weighted by molar-refractivity contribution is 5.80. The maximum atomic E-state index is 11.1. The Bertz CT molecular complexity index is 379. The third kappa shape index (κ3) is 1.79. The molecule has 0 aromatic heterocycles. The van der Waals surface area contributed by atoms with Crippen molar-refractivity contribution < 1.29 is 19.8 Å². The number of hydrogen-bond donors (Lipinski definition) is 3. The van der Waals surface area contributed by atoms with Crippen molar-refractivity contribution in [3.05, 3.63) is 29.8 Å². The summed E-state index contributed by atoms with van der Waals surface area (Å²) < 4.78 is 5.32. The molecule has 15 heavy (non-hydrogen) atoms. The van der Waals surface area contributed by atoms with Crippen molar-refractivity contribution in [1.29, 1.82) is 0 Å². The van der Waals surface area contributed by atoms with Gasteiger partial charge in [0.25, 0.3) is 5.91 Å². The van der Waals surface area contributed by atoms with Crippen LogP contribution in [0.25, 0.3) is 0 Å². The standard InChI is InChI=1S/C10H11NO4/c12-7-5-9(10(13)11-14)15-8-4-2-1-3-6(7)8/h1-4,7,9,12,14H,5H2,(H,11,13). The van der Waals surface area contributed by atoms with Crippen LogP contribution in [0.3, 0.4) is 0 Å². The summed E-state index contributed by atoms with van der Waals surface area (Å²) in [5.41, 5.74) is 2.18. The van der Waals surface area contributed by atoms with Crippen LogP contribution in [0.5, 0.6) is 5.75 Å². The molecule has 1 aliphatic rings. The van der Waals surface area contributed by atoms with Crippen LogP contribution in [-0.4, -0.2) is 22.3 Å². The van der Waals surface area contributed by atoms with Crippen molar-refractivity contribution in [2.75, 3.05) is 0 Å². The second-order valence-electron chi connectivity index (χ2n) is 3.37. The Morgan fingerprint density at radius 2 is 2.20 bits per heavy atom. The highest BCUT2D eigenvalue weighted by Gasteiger charge is 2.31. The number of nitrogens with one attached hydrogen (secondary N) is 1. The van der Waals surface area contributed by atoms with Crippen LogP contribution in [0.1, 0.15) is 18.1 Å². The van der Waals surface area contributed by atoms with Gasteiger partial charge in [-0.05, 0) is 6.07 Å². The van der Waals surface area contributed by atoms with E-state index < -0.39 is 18.1 Å². The number of fused-ring (bicyclic) bond motifs is 1. The van der Waals surface area contributed by atoms with E-state index in [1.165, 1.54) is 5.48 Å². The smallest absolute Gasteiger partial charge is 0.284 e. The molecule has 1 aromatic rings. The lowest BCUT2D eigenvalue weighted by molar-refractivity contribution is -0.138. The molecule has 0 saturated heterocycles. The molecule has 0 aliphatic carbocycles. The average Bonchev–Trinajstić information content (AvgIpc) is 2.28. The maximum Gasteiger partial charge on any atom is 0.284 e. The molecule has 5 heteroatoms. The van der Waals surface area contributed by atoms with Gasteiger partial charge in [-0.2, -0.15) is 0 Å². The number of para-hydroxylation sites is 1. The number of amides is 1. The third-order valence-corrected chi connectivity index (χ3v) is 2.39. The minimum atomic E-state index is -0.847. The molecule has 0 spiro atoms. The second-order valence-corrected chi connectivity index (χ2v) is 3.37. The van der Waals surface area contributed by atoms with E-state index in [9.17, 15) is 9.90 Å². The molecule has 2 rings (SSSR count).